The van der Waals surface area contributed by atoms with Crippen LogP contribution in [0.1, 0.15) is 65.3 Å². The number of piperidine rings is 1. The standard InChI is InChI=1S/C24H32N2O/c1-16-7-6-12-26(15-16)22-10-8-21(9-11-22)20(5)25-24(27)23-14-18(3)17(2)13-19(23)4/h8-11,13-14,16,20H,6-7,12,15H2,1-5H3,(H,25,27)/t16-,20+/m0/s1. The van der Waals surface area contributed by atoms with E-state index in [9.17, 15) is 4.79 Å². The maximum absolute atomic E-state index is 12.7. The molecule has 2 atom stereocenters. The highest BCUT2D eigenvalue weighted by Gasteiger charge is 2.18. The number of benzene rings is 2. The molecular weight excluding hydrogens is 332 g/mol. The molecule has 0 saturated carbocycles. The van der Waals surface area contributed by atoms with Crippen LogP contribution >= 0.6 is 0 Å². The summed E-state index contributed by atoms with van der Waals surface area (Å²) in [5, 5.41) is 3.15. The molecule has 3 heteroatoms. The van der Waals surface area contributed by atoms with Gasteiger partial charge in [0, 0.05) is 24.3 Å². The molecule has 27 heavy (non-hydrogen) atoms. The molecule has 1 fully saturated rings. The van der Waals surface area contributed by atoms with Crippen LogP contribution in [0.3, 0.4) is 0 Å². The summed E-state index contributed by atoms with van der Waals surface area (Å²) < 4.78 is 0. The van der Waals surface area contributed by atoms with Gasteiger partial charge in [0.05, 0.1) is 6.04 Å². The SMILES string of the molecule is Cc1cc(C)c(C(=O)N[C@H](C)c2ccc(N3CCC[C@H](C)C3)cc2)cc1C. The third-order valence-corrected chi connectivity index (χ3v) is 5.85. The Morgan fingerprint density at radius 3 is 2.41 bits per heavy atom. The van der Waals surface area contributed by atoms with Crippen LogP contribution in [0.2, 0.25) is 0 Å². The topological polar surface area (TPSA) is 32.3 Å². The van der Waals surface area contributed by atoms with Gasteiger partial charge < -0.3 is 10.2 Å². The first-order valence-corrected chi connectivity index (χ1v) is 10.1. The monoisotopic (exact) mass is 364 g/mol. The Labute approximate surface area is 163 Å². The molecular formula is C24H32N2O. The number of aryl methyl sites for hydroxylation is 3. The van der Waals surface area contributed by atoms with Crippen molar-refractivity contribution in [2.24, 2.45) is 5.92 Å². The van der Waals surface area contributed by atoms with Gasteiger partial charge in [0.25, 0.3) is 5.91 Å². The summed E-state index contributed by atoms with van der Waals surface area (Å²) in [6, 6.07) is 12.7. The predicted molar refractivity (Wildman–Crippen MR) is 114 cm³/mol. The number of nitrogens with zero attached hydrogens (tertiary/aromatic N) is 1. The minimum absolute atomic E-state index is 0.00275. The number of carbonyl (C=O) groups is 1. The van der Waals surface area contributed by atoms with Gasteiger partial charge in [0.2, 0.25) is 0 Å². The molecule has 0 unspecified atom stereocenters. The first kappa shape index (κ1) is 19.5. The van der Waals surface area contributed by atoms with Crippen LogP contribution in [0.15, 0.2) is 36.4 Å². The largest absolute Gasteiger partial charge is 0.371 e. The zero-order valence-electron chi connectivity index (χ0n) is 17.3. The molecule has 144 valence electrons. The molecule has 0 radical (unpaired) electrons. The van der Waals surface area contributed by atoms with Gasteiger partial charge in [-0.2, -0.15) is 0 Å². The third kappa shape index (κ3) is 4.52. The van der Waals surface area contributed by atoms with Crippen molar-refractivity contribution in [3.05, 3.63) is 64.2 Å². The van der Waals surface area contributed by atoms with Crippen molar-refractivity contribution < 1.29 is 4.79 Å². The second-order valence-electron chi connectivity index (χ2n) is 8.23. The lowest BCUT2D eigenvalue weighted by atomic mass is 9.99. The molecule has 1 saturated heterocycles. The van der Waals surface area contributed by atoms with Crippen LogP contribution in [-0.4, -0.2) is 19.0 Å². The van der Waals surface area contributed by atoms with Crippen molar-refractivity contribution in [3.8, 4) is 0 Å². The Hall–Kier alpha value is -2.29. The lowest BCUT2D eigenvalue weighted by molar-refractivity contribution is 0.0939. The maximum atomic E-state index is 12.7. The van der Waals surface area contributed by atoms with Crippen LogP contribution in [0.4, 0.5) is 5.69 Å². The average Bonchev–Trinajstić information content (AvgIpc) is 2.64. The Kier molecular flexibility index (Phi) is 5.88. The molecule has 3 rings (SSSR count). The number of carbonyl (C=O) groups excluding carboxylic acids is 1. The third-order valence-electron chi connectivity index (χ3n) is 5.85. The molecule has 2 aromatic carbocycles. The summed E-state index contributed by atoms with van der Waals surface area (Å²) in [6.07, 6.45) is 2.60. The molecule has 0 aliphatic carbocycles. The highest BCUT2D eigenvalue weighted by atomic mass is 16.1. The van der Waals surface area contributed by atoms with Crippen LogP contribution in [-0.2, 0) is 0 Å². The van der Waals surface area contributed by atoms with Gasteiger partial charge in [-0.3, -0.25) is 4.79 Å². The Balaban J connectivity index is 1.68. The first-order chi connectivity index (χ1) is 12.8. The van der Waals surface area contributed by atoms with E-state index in [1.807, 2.05) is 19.9 Å². The molecule has 0 bridgehead atoms. The molecule has 0 spiro atoms. The molecule has 1 amide bonds. The van der Waals surface area contributed by atoms with Crippen LogP contribution in [0.5, 0.6) is 0 Å². The summed E-state index contributed by atoms with van der Waals surface area (Å²) in [5.74, 6) is 0.759. The van der Waals surface area contributed by atoms with E-state index < -0.39 is 0 Å². The number of hydrogen-bond acceptors (Lipinski definition) is 2. The highest BCUT2D eigenvalue weighted by molar-refractivity contribution is 5.96. The summed E-state index contributed by atoms with van der Waals surface area (Å²) in [4.78, 5) is 15.2. The van der Waals surface area contributed by atoms with E-state index in [1.54, 1.807) is 0 Å². The van der Waals surface area contributed by atoms with Gasteiger partial charge in [-0.15, -0.1) is 0 Å². The molecule has 0 aromatic heterocycles. The van der Waals surface area contributed by atoms with Gasteiger partial charge in [0.1, 0.15) is 0 Å². The molecule has 1 N–H and O–H groups in total. The van der Waals surface area contributed by atoms with E-state index in [4.69, 9.17) is 0 Å². The second kappa shape index (κ2) is 8.16. The van der Waals surface area contributed by atoms with Crippen molar-refractivity contribution in [1.29, 1.82) is 0 Å². The fourth-order valence-corrected chi connectivity index (χ4v) is 3.96. The molecule has 2 aromatic rings. The zero-order chi connectivity index (χ0) is 19.6. The summed E-state index contributed by atoms with van der Waals surface area (Å²) in [7, 11) is 0. The van der Waals surface area contributed by atoms with Crippen LogP contribution in [0, 0.1) is 26.7 Å². The smallest absolute Gasteiger partial charge is 0.252 e. The summed E-state index contributed by atoms with van der Waals surface area (Å²) >= 11 is 0. The molecule has 3 nitrogen and oxygen atoms in total. The van der Waals surface area contributed by atoms with Gasteiger partial charge >= 0.3 is 0 Å². The number of rotatable bonds is 4. The summed E-state index contributed by atoms with van der Waals surface area (Å²) in [5.41, 5.74) is 6.59. The molecule has 1 aliphatic rings. The average molecular weight is 365 g/mol. The number of anilines is 1. The van der Waals surface area contributed by atoms with E-state index in [0.717, 1.165) is 41.3 Å². The van der Waals surface area contributed by atoms with E-state index in [1.165, 1.54) is 24.1 Å². The van der Waals surface area contributed by atoms with Crippen molar-refractivity contribution in [2.75, 3.05) is 18.0 Å². The molecule has 1 heterocycles. The predicted octanol–water partition coefficient (Wildman–Crippen LogP) is 5.34. The summed E-state index contributed by atoms with van der Waals surface area (Å²) in [6.45, 7) is 12.8. The maximum Gasteiger partial charge on any atom is 0.252 e. The van der Waals surface area contributed by atoms with Crippen molar-refractivity contribution in [2.45, 2.75) is 53.5 Å². The van der Waals surface area contributed by atoms with Crippen molar-refractivity contribution in [1.82, 2.24) is 5.32 Å². The number of hydrogen-bond donors (Lipinski definition) is 1. The minimum Gasteiger partial charge on any atom is -0.371 e. The zero-order valence-corrected chi connectivity index (χ0v) is 17.3. The Morgan fingerprint density at radius 1 is 1.07 bits per heavy atom. The van der Waals surface area contributed by atoms with Gasteiger partial charge in [-0.05, 0) is 86.9 Å². The number of nitrogens with one attached hydrogen (secondary N) is 1. The van der Waals surface area contributed by atoms with E-state index in [-0.39, 0.29) is 11.9 Å². The second-order valence-corrected chi connectivity index (χ2v) is 8.23. The van der Waals surface area contributed by atoms with Crippen LogP contribution in [0.25, 0.3) is 0 Å². The highest BCUT2D eigenvalue weighted by Crippen LogP contribution is 2.25. The number of amides is 1. The normalized spacial score (nSPS) is 18.3. The van der Waals surface area contributed by atoms with Gasteiger partial charge in [-0.1, -0.05) is 25.1 Å². The van der Waals surface area contributed by atoms with Crippen LogP contribution < -0.4 is 10.2 Å². The lowest BCUT2D eigenvalue weighted by Crippen LogP contribution is -2.34. The van der Waals surface area contributed by atoms with Crippen molar-refractivity contribution >= 4 is 11.6 Å². The minimum atomic E-state index is -0.0205. The van der Waals surface area contributed by atoms with Crippen molar-refractivity contribution in [3.63, 3.8) is 0 Å². The fourth-order valence-electron chi connectivity index (χ4n) is 3.96. The van der Waals surface area contributed by atoms with E-state index in [0.29, 0.717) is 0 Å². The van der Waals surface area contributed by atoms with E-state index >= 15 is 0 Å². The fraction of sp³-hybridized carbons (Fsp3) is 0.458. The lowest BCUT2D eigenvalue weighted by Gasteiger charge is -2.33. The van der Waals surface area contributed by atoms with Gasteiger partial charge in [-0.25, -0.2) is 0 Å². The van der Waals surface area contributed by atoms with E-state index in [2.05, 4.69) is 61.3 Å². The first-order valence-electron chi connectivity index (χ1n) is 10.1. The Bertz CT molecular complexity index is 810. The Morgan fingerprint density at radius 2 is 1.74 bits per heavy atom. The quantitative estimate of drug-likeness (QED) is 0.794. The van der Waals surface area contributed by atoms with Gasteiger partial charge in [0.15, 0.2) is 0 Å². The molecule has 1 aliphatic heterocycles.